The first-order valence-electron chi connectivity index (χ1n) is 6.77. The van der Waals surface area contributed by atoms with Crippen LogP contribution in [0.25, 0.3) is 0 Å². The maximum Gasteiger partial charge on any atom is 0.106 e. The zero-order valence-corrected chi connectivity index (χ0v) is 12.7. The van der Waals surface area contributed by atoms with Gasteiger partial charge in [0.05, 0.1) is 6.04 Å². The summed E-state index contributed by atoms with van der Waals surface area (Å²) in [5, 5.41) is 3.44. The maximum atomic E-state index is 5.78. The molecule has 0 bridgehead atoms. The van der Waals surface area contributed by atoms with Gasteiger partial charge in [0.2, 0.25) is 0 Å². The number of hydrogen-bond donors (Lipinski definition) is 1. The Morgan fingerprint density at radius 3 is 2.16 bits per heavy atom. The Kier molecular flexibility index (Phi) is 3.81. The maximum absolute atomic E-state index is 5.78. The van der Waals surface area contributed by atoms with Gasteiger partial charge in [-0.3, -0.25) is 0 Å². The molecule has 102 valence electrons. The molecule has 0 radical (unpaired) electrons. The molecule has 0 aliphatic rings. The van der Waals surface area contributed by atoms with E-state index in [0.29, 0.717) is 0 Å². The van der Waals surface area contributed by atoms with Crippen molar-refractivity contribution in [2.24, 2.45) is 0 Å². The van der Waals surface area contributed by atoms with Crippen LogP contribution in [0.2, 0.25) is 0 Å². The Morgan fingerprint density at radius 2 is 1.63 bits per heavy atom. The molecule has 1 aromatic carbocycles. The Labute approximate surface area is 115 Å². The molecule has 2 rings (SSSR count). The van der Waals surface area contributed by atoms with Crippen LogP contribution in [0.3, 0.4) is 0 Å². The number of furan rings is 1. The fourth-order valence-corrected chi connectivity index (χ4v) is 2.78. The van der Waals surface area contributed by atoms with Gasteiger partial charge in [0.15, 0.2) is 0 Å². The smallest absolute Gasteiger partial charge is 0.106 e. The lowest BCUT2D eigenvalue weighted by atomic mass is 9.91. The quantitative estimate of drug-likeness (QED) is 0.894. The number of hydrogen-bond acceptors (Lipinski definition) is 2. The topological polar surface area (TPSA) is 25.2 Å². The van der Waals surface area contributed by atoms with Crippen LogP contribution in [0.1, 0.15) is 45.4 Å². The van der Waals surface area contributed by atoms with E-state index >= 15 is 0 Å². The fourth-order valence-electron chi connectivity index (χ4n) is 2.78. The Bertz CT molecular complexity index is 596. The molecule has 0 aliphatic carbocycles. The Hall–Kier alpha value is -1.54. The van der Waals surface area contributed by atoms with Crippen molar-refractivity contribution in [2.75, 3.05) is 7.05 Å². The predicted molar refractivity (Wildman–Crippen MR) is 79.7 cm³/mol. The number of nitrogens with one attached hydrogen (secondary N) is 1. The lowest BCUT2D eigenvalue weighted by molar-refractivity contribution is 0.495. The molecule has 0 amide bonds. The van der Waals surface area contributed by atoms with Crippen LogP contribution in [0.4, 0.5) is 0 Å². The van der Waals surface area contributed by atoms with Gasteiger partial charge >= 0.3 is 0 Å². The minimum Gasteiger partial charge on any atom is -0.466 e. The minimum absolute atomic E-state index is 0.192. The first kappa shape index (κ1) is 13.9. The van der Waals surface area contributed by atoms with E-state index in [-0.39, 0.29) is 6.04 Å². The van der Waals surface area contributed by atoms with Gasteiger partial charge in [0.1, 0.15) is 11.5 Å². The molecule has 0 saturated carbocycles. The molecular weight excluding hydrogens is 234 g/mol. The first-order valence-corrected chi connectivity index (χ1v) is 6.77. The summed E-state index contributed by atoms with van der Waals surface area (Å²) in [4.78, 5) is 0. The first-order chi connectivity index (χ1) is 8.97. The van der Waals surface area contributed by atoms with Gasteiger partial charge in [-0.2, -0.15) is 0 Å². The third-order valence-electron chi connectivity index (χ3n) is 4.15. The SMILES string of the molecule is CNC(c1cccc(C)c1C)c1c(C)oc(C)c1C. The largest absolute Gasteiger partial charge is 0.466 e. The molecule has 0 saturated heterocycles. The van der Waals surface area contributed by atoms with Crippen molar-refractivity contribution in [3.8, 4) is 0 Å². The van der Waals surface area contributed by atoms with Crippen molar-refractivity contribution in [1.29, 1.82) is 0 Å². The molecule has 1 heterocycles. The number of rotatable bonds is 3. The molecule has 2 heteroatoms. The van der Waals surface area contributed by atoms with Crippen molar-refractivity contribution in [1.82, 2.24) is 5.32 Å². The van der Waals surface area contributed by atoms with E-state index in [0.717, 1.165) is 11.5 Å². The fraction of sp³-hybridized carbons (Fsp3) is 0.412. The monoisotopic (exact) mass is 257 g/mol. The highest BCUT2D eigenvalue weighted by atomic mass is 16.3. The van der Waals surface area contributed by atoms with Gasteiger partial charge in [0, 0.05) is 5.56 Å². The highest BCUT2D eigenvalue weighted by molar-refractivity contribution is 5.45. The van der Waals surface area contributed by atoms with E-state index in [9.17, 15) is 0 Å². The summed E-state index contributed by atoms with van der Waals surface area (Å²) in [6.07, 6.45) is 0. The van der Waals surface area contributed by atoms with Crippen LogP contribution in [0.15, 0.2) is 22.6 Å². The van der Waals surface area contributed by atoms with Gasteiger partial charge in [-0.05, 0) is 63.9 Å². The summed E-state index contributed by atoms with van der Waals surface area (Å²) in [7, 11) is 2.01. The molecule has 2 nitrogen and oxygen atoms in total. The molecule has 1 aromatic heterocycles. The molecule has 0 aliphatic heterocycles. The lowest BCUT2D eigenvalue weighted by Gasteiger charge is -2.20. The van der Waals surface area contributed by atoms with Crippen LogP contribution >= 0.6 is 0 Å². The van der Waals surface area contributed by atoms with Gasteiger partial charge < -0.3 is 9.73 Å². The van der Waals surface area contributed by atoms with Crippen LogP contribution in [0.5, 0.6) is 0 Å². The zero-order chi connectivity index (χ0) is 14.2. The summed E-state index contributed by atoms with van der Waals surface area (Å²) in [6, 6.07) is 6.67. The summed E-state index contributed by atoms with van der Waals surface area (Å²) in [6.45, 7) is 10.6. The minimum atomic E-state index is 0.192. The average molecular weight is 257 g/mol. The number of benzene rings is 1. The molecule has 2 aromatic rings. The van der Waals surface area contributed by atoms with Crippen LogP contribution in [-0.4, -0.2) is 7.05 Å². The van der Waals surface area contributed by atoms with E-state index in [4.69, 9.17) is 4.42 Å². The summed E-state index contributed by atoms with van der Waals surface area (Å²) >= 11 is 0. The van der Waals surface area contributed by atoms with Gasteiger partial charge in [-0.15, -0.1) is 0 Å². The summed E-state index contributed by atoms with van der Waals surface area (Å²) in [5.74, 6) is 2.02. The second-order valence-electron chi connectivity index (χ2n) is 5.26. The highest BCUT2D eigenvalue weighted by Gasteiger charge is 2.22. The van der Waals surface area contributed by atoms with E-state index in [2.05, 4.69) is 44.3 Å². The third kappa shape index (κ3) is 2.33. The van der Waals surface area contributed by atoms with E-state index in [1.54, 1.807) is 0 Å². The molecule has 0 spiro atoms. The van der Waals surface area contributed by atoms with E-state index in [1.807, 2.05) is 20.9 Å². The van der Waals surface area contributed by atoms with Crippen molar-refractivity contribution < 1.29 is 4.42 Å². The molecule has 1 unspecified atom stereocenters. The molecule has 19 heavy (non-hydrogen) atoms. The van der Waals surface area contributed by atoms with Crippen LogP contribution < -0.4 is 5.32 Å². The summed E-state index contributed by atoms with van der Waals surface area (Å²) in [5.41, 5.74) is 6.52. The van der Waals surface area contributed by atoms with Gasteiger partial charge in [-0.25, -0.2) is 0 Å². The molecule has 0 fully saturated rings. The Morgan fingerprint density at radius 1 is 0.947 bits per heavy atom. The van der Waals surface area contributed by atoms with Gasteiger partial charge in [0.25, 0.3) is 0 Å². The van der Waals surface area contributed by atoms with Crippen LogP contribution in [-0.2, 0) is 0 Å². The average Bonchev–Trinajstić information content (AvgIpc) is 2.62. The number of aryl methyl sites for hydroxylation is 3. The zero-order valence-electron chi connectivity index (χ0n) is 12.7. The lowest BCUT2D eigenvalue weighted by Crippen LogP contribution is -2.20. The van der Waals surface area contributed by atoms with Crippen molar-refractivity contribution >= 4 is 0 Å². The van der Waals surface area contributed by atoms with Crippen molar-refractivity contribution in [3.63, 3.8) is 0 Å². The second-order valence-corrected chi connectivity index (χ2v) is 5.26. The van der Waals surface area contributed by atoms with Crippen molar-refractivity contribution in [3.05, 3.63) is 57.5 Å². The second kappa shape index (κ2) is 5.22. The molecule has 1 N–H and O–H groups in total. The van der Waals surface area contributed by atoms with E-state index in [1.165, 1.54) is 27.8 Å². The normalized spacial score (nSPS) is 12.7. The predicted octanol–water partition coefficient (Wildman–Crippen LogP) is 4.13. The highest BCUT2D eigenvalue weighted by Crippen LogP contribution is 2.33. The third-order valence-corrected chi connectivity index (χ3v) is 4.15. The van der Waals surface area contributed by atoms with Gasteiger partial charge in [-0.1, -0.05) is 18.2 Å². The van der Waals surface area contributed by atoms with E-state index < -0.39 is 0 Å². The molecular formula is C17H23NO. The standard InChI is InChI=1S/C17H23NO/c1-10-8-7-9-15(11(10)2)17(18-6)16-12(3)13(4)19-14(16)5/h7-9,17-18H,1-6H3. The van der Waals surface area contributed by atoms with Crippen molar-refractivity contribution in [2.45, 2.75) is 40.7 Å². The Balaban J connectivity index is 2.60. The van der Waals surface area contributed by atoms with Crippen LogP contribution in [0, 0.1) is 34.6 Å². The molecule has 1 atom stereocenters. The summed E-state index contributed by atoms with van der Waals surface area (Å²) < 4.78 is 5.78.